The van der Waals surface area contributed by atoms with Crippen molar-refractivity contribution in [3.8, 4) is 0 Å². The van der Waals surface area contributed by atoms with E-state index >= 15 is 0 Å². The number of carboxylic acids is 1. The number of hydrogen-bond acceptors (Lipinski definition) is 4. The maximum atomic E-state index is 12.0. The zero-order chi connectivity index (χ0) is 13.8. The van der Waals surface area contributed by atoms with Gasteiger partial charge in [-0.2, -0.15) is 0 Å². The Morgan fingerprint density at radius 1 is 1.50 bits per heavy atom. The first-order valence-electron chi connectivity index (χ1n) is 6.15. The fourth-order valence-corrected chi connectivity index (χ4v) is 1.75. The lowest BCUT2D eigenvalue weighted by Crippen LogP contribution is -2.53. The van der Waals surface area contributed by atoms with Gasteiger partial charge in [-0.15, -0.1) is 0 Å². The van der Waals surface area contributed by atoms with E-state index < -0.39 is 18.1 Å². The monoisotopic (exact) mass is 258 g/mol. The number of carbonyl (C=O) groups is 2. The lowest BCUT2D eigenvalue weighted by molar-refractivity contribution is -0.140. The third-order valence-corrected chi connectivity index (χ3v) is 2.96. The second-order valence-corrected chi connectivity index (χ2v) is 5.59. The molecule has 0 bridgehead atoms. The van der Waals surface area contributed by atoms with Crippen LogP contribution in [0.3, 0.4) is 0 Å². The molecule has 2 unspecified atom stereocenters. The zero-order valence-electron chi connectivity index (χ0n) is 11.2. The number of carbonyl (C=O) groups excluding carboxylic acids is 1. The van der Waals surface area contributed by atoms with Crippen molar-refractivity contribution in [2.24, 2.45) is 5.41 Å². The molecule has 6 heteroatoms. The first-order valence-corrected chi connectivity index (χ1v) is 6.15. The third-order valence-electron chi connectivity index (χ3n) is 2.96. The van der Waals surface area contributed by atoms with E-state index in [1.54, 1.807) is 0 Å². The average molecular weight is 258 g/mol. The maximum Gasteiger partial charge on any atom is 0.305 e. The number of carboxylic acid groups (broad SMARTS) is 1. The molecular formula is C12H22N2O4. The summed E-state index contributed by atoms with van der Waals surface area (Å²) in [6.45, 7) is 7.41. The van der Waals surface area contributed by atoms with Gasteiger partial charge in [0.2, 0.25) is 0 Å². The van der Waals surface area contributed by atoms with Gasteiger partial charge in [-0.25, -0.2) is 0 Å². The van der Waals surface area contributed by atoms with Crippen molar-refractivity contribution in [3.05, 3.63) is 0 Å². The molecule has 0 aromatic heterocycles. The van der Waals surface area contributed by atoms with Crippen LogP contribution >= 0.6 is 0 Å². The van der Waals surface area contributed by atoms with Crippen LogP contribution in [0.4, 0.5) is 0 Å². The highest BCUT2D eigenvalue weighted by Gasteiger charge is 2.31. The van der Waals surface area contributed by atoms with E-state index in [-0.39, 0.29) is 17.7 Å². The summed E-state index contributed by atoms with van der Waals surface area (Å²) < 4.78 is 5.34. The number of rotatable bonds is 4. The molecule has 18 heavy (non-hydrogen) atoms. The fraction of sp³-hybridized carbons (Fsp3) is 0.833. The lowest BCUT2D eigenvalue weighted by atomic mass is 9.84. The number of ether oxygens (including phenoxy) is 1. The summed E-state index contributed by atoms with van der Waals surface area (Å²) >= 11 is 0. The van der Waals surface area contributed by atoms with E-state index in [2.05, 4.69) is 10.6 Å². The molecule has 1 amide bonds. The van der Waals surface area contributed by atoms with Gasteiger partial charge < -0.3 is 20.5 Å². The van der Waals surface area contributed by atoms with Crippen molar-refractivity contribution in [1.29, 1.82) is 0 Å². The lowest BCUT2D eigenvalue weighted by Gasteiger charge is -2.32. The number of hydrogen-bond donors (Lipinski definition) is 3. The van der Waals surface area contributed by atoms with Crippen LogP contribution in [0.2, 0.25) is 0 Å². The summed E-state index contributed by atoms with van der Waals surface area (Å²) in [4.78, 5) is 22.8. The van der Waals surface area contributed by atoms with Crippen LogP contribution in [0.1, 0.15) is 27.2 Å². The van der Waals surface area contributed by atoms with Gasteiger partial charge in [0.05, 0.1) is 13.0 Å². The highest BCUT2D eigenvalue weighted by atomic mass is 16.5. The van der Waals surface area contributed by atoms with Gasteiger partial charge in [-0.1, -0.05) is 20.8 Å². The molecule has 1 fully saturated rings. The van der Waals surface area contributed by atoms with Gasteiger partial charge >= 0.3 is 5.97 Å². The van der Waals surface area contributed by atoms with Crippen LogP contribution in [0, 0.1) is 5.41 Å². The Morgan fingerprint density at radius 2 is 2.17 bits per heavy atom. The molecular weight excluding hydrogens is 236 g/mol. The zero-order valence-corrected chi connectivity index (χ0v) is 11.2. The first-order chi connectivity index (χ1) is 8.30. The van der Waals surface area contributed by atoms with Crippen LogP contribution < -0.4 is 10.6 Å². The molecule has 0 radical (unpaired) electrons. The van der Waals surface area contributed by atoms with Gasteiger partial charge in [-0.05, 0) is 5.41 Å². The Balaban J connectivity index is 2.59. The standard InChI is InChI=1S/C12H22N2O4/c1-12(2,3)9(6-10(15)16)14-11(17)8-7-13-4-5-18-8/h8-9,13H,4-7H2,1-3H3,(H,14,17)(H,15,16). The molecule has 0 aromatic rings. The van der Waals surface area contributed by atoms with E-state index in [4.69, 9.17) is 9.84 Å². The molecule has 3 N–H and O–H groups in total. The van der Waals surface area contributed by atoms with Gasteiger partial charge in [0.1, 0.15) is 6.10 Å². The molecule has 0 spiro atoms. The molecule has 1 aliphatic rings. The summed E-state index contributed by atoms with van der Waals surface area (Å²) in [5.41, 5.74) is -0.309. The molecule has 6 nitrogen and oxygen atoms in total. The predicted octanol–water partition coefficient (Wildman–Crippen LogP) is -0.0196. The molecule has 0 aromatic carbocycles. The van der Waals surface area contributed by atoms with Crippen molar-refractivity contribution in [2.45, 2.75) is 39.3 Å². The minimum atomic E-state index is -0.919. The SMILES string of the molecule is CC(C)(C)C(CC(=O)O)NC(=O)C1CNCCO1. The number of nitrogens with one attached hydrogen (secondary N) is 2. The van der Waals surface area contributed by atoms with Crippen molar-refractivity contribution < 1.29 is 19.4 Å². The summed E-state index contributed by atoms with van der Waals surface area (Å²) in [5, 5.41) is 14.7. The highest BCUT2D eigenvalue weighted by molar-refractivity contribution is 5.82. The van der Waals surface area contributed by atoms with Crippen LogP contribution in [0.15, 0.2) is 0 Å². The predicted molar refractivity (Wildman–Crippen MR) is 66.2 cm³/mol. The Hall–Kier alpha value is -1.14. The molecule has 1 aliphatic heterocycles. The normalized spacial score (nSPS) is 22.3. The summed E-state index contributed by atoms with van der Waals surface area (Å²) in [6, 6.07) is -0.409. The topological polar surface area (TPSA) is 87.7 Å². The molecule has 2 atom stereocenters. The smallest absolute Gasteiger partial charge is 0.305 e. The quantitative estimate of drug-likeness (QED) is 0.659. The van der Waals surface area contributed by atoms with Crippen molar-refractivity contribution in [3.63, 3.8) is 0 Å². The van der Waals surface area contributed by atoms with Crippen molar-refractivity contribution >= 4 is 11.9 Å². The minimum Gasteiger partial charge on any atom is -0.481 e. The summed E-state index contributed by atoms with van der Waals surface area (Å²) in [7, 11) is 0. The maximum absolute atomic E-state index is 12.0. The van der Waals surface area contributed by atoms with Crippen LogP contribution in [-0.2, 0) is 14.3 Å². The molecule has 104 valence electrons. The van der Waals surface area contributed by atoms with E-state index in [0.29, 0.717) is 13.2 Å². The number of amides is 1. The highest BCUT2D eigenvalue weighted by Crippen LogP contribution is 2.22. The first kappa shape index (κ1) is 14.9. The fourth-order valence-electron chi connectivity index (χ4n) is 1.75. The summed E-state index contributed by atoms with van der Waals surface area (Å²) in [5.74, 6) is -1.17. The van der Waals surface area contributed by atoms with Crippen LogP contribution in [0.5, 0.6) is 0 Å². The Morgan fingerprint density at radius 3 is 2.61 bits per heavy atom. The Kier molecular flexibility index (Phi) is 5.10. The largest absolute Gasteiger partial charge is 0.481 e. The van der Waals surface area contributed by atoms with Crippen LogP contribution in [-0.4, -0.2) is 48.8 Å². The third kappa shape index (κ3) is 4.62. The van der Waals surface area contributed by atoms with Gasteiger partial charge in [0.15, 0.2) is 0 Å². The molecule has 0 aliphatic carbocycles. The van der Waals surface area contributed by atoms with Gasteiger partial charge in [-0.3, -0.25) is 9.59 Å². The van der Waals surface area contributed by atoms with Gasteiger partial charge in [0, 0.05) is 19.1 Å². The molecule has 1 rings (SSSR count). The Bertz CT molecular complexity index is 306. The van der Waals surface area contributed by atoms with Crippen LogP contribution in [0.25, 0.3) is 0 Å². The number of morpholine rings is 1. The molecule has 1 saturated heterocycles. The minimum absolute atomic E-state index is 0.0879. The van der Waals surface area contributed by atoms with Crippen molar-refractivity contribution in [2.75, 3.05) is 19.7 Å². The summed E-state index contributed by atoms with van der Waals surface area (Å²) in [6.07, 6.45) is -0.618. The second-order valence-electron chi connectivity index (χ2n) is 5.59. The molecule has 0 saturated carbocycles. The average Bonchev–Trinajstić information content (AvgIpc) is 2.27. The van der Waals surface area contributed by atoms with E-state index in [0.717, 1.165) is 6.54 Å². The van der Waals surface area contributed by atoms with Gasteiger partial charge in [0.25, 0.3) is 5.91 Å². The second kappa shape index (κ2) is 6.15. The van der Waals surface area contributed by atoms with E-state index in [1.807, 2.05) is 20.8 Å². The molecule has 1 heterocycles. The van der Waals surface area contributed by atoms with Crippen molar-refractivity contribution in [1.82, 2.24) is 10.6 Å². The van der Waals surface area contributed by atoms with E-state index in [1.165, 1.54) is 0 Å². The number of aliphatic carboxylic acids is 1. The van der Waals surface area contributed by atoms with E-state index in [9.17, 15) is 9.59 Å². The Labute approximate surface area is 107 Å².